The lowest BCUT2D eigenvalue weighted by Crippen LogP contribution is -2.33. The molecule has 1 unspecified atom stereocenters. The smallest absolute Gasteiger partial charge is 0.221 e. The Morgan fingerprint density at radius 3 is 2.81 bits per heavy atom. The summed E-state index contributed by atoms with van der Waals surface area (Å²) in [5.74, 6) is 0. The number of hydrogen-bond acceptors (Lipinski definition) is 3. The summed E-state index contributed by atoms with van der Waals surface area (Å²) in [6, 6.07) is 8.04. The predicted octanol–water partition coefficient (Wildman–Crippen LogP) is 2.87. The number of thioether (sulfide) groups is 1. The summed E-state index contributed by atoms with van der Waals surface area (Å²) in [6.07, 6.45) is 2.28. The highest BCUT2D eigenvalue weighted by atomic mass is 35.5. The topological polar surface area (TPSA) is 20.3 Å². The molecule has 0 aromatic heterocycles. The average Bonchev–Trinajstić information content (AvgIpc) is 2.74. The Labute approximate surface area is 106 Å². The van der Waals surface area contributed by atoms with Crippen LogP contribution >= 0.6 is 24.2 Å². The molecule has 16 heavy (non-hydrogen) atoms. The largest absolute Gasteiger partial charge is 0.288 e. The molecule has 1 aromatic rings. The van der Waals surface area contributed by atoms with E-state index < -0.39 is 0 Å². The zero-order chi connectivity index (χ0) is 10.5. The molecule has 4 heteroatoms. The van der Waals surface area contributed by atoms with Gasteiger partial charge in [-0.05, 0) is 32.0 Å². The van der Waals surface area contributed by atoms with Gasteiger partial charge in [0.2, 0.25) is 5.12 Å². The molecule has 2 heterocycles. The number of nitrogens with zero attached hydrogens (tertiary/aromatic N) is 1. The molecule has 0 amide bonds. The van der Waals surface area contributed by atoms with Crippen LogP contribution in [0, 0.1) is 0 Å². The molecule has 1 atom stereocenters. The van der Waals surface area contributed by atoms with Crippen molar-refractivity contribution in [1.82, 2.24) is 4.90 Å². The van der Waals surface area contributed by atoms with Crippen LogP contribution in [0.5, 0.6) is 0 Å². The van der Waals surface area contributed by atoms with Crippen LogP contribution in [0.4, 0.5) is 0 Å². The van der Waals surface area contributed by atoms with E-state index in [0.717, 1.165) is 18.5 Å². The van der Waals surface area contributed by atoms with Gasteiger partial charge in [0.1, 0.15) is 4.87 Å². The van der Waals surface area contributed by atoms with E-state index in [1.54, 1.807) is 0 Å². The third-order valence-corrected chi connectivity index (χ3v) is 4.93. The first-order valence-electron chi connectivity index (χ1n) is 5.28. The molecule has 0 radical (unpaired) electrons. The highest BCUT2D eigenvalue weighted by molar-refractivity contribution is 8.15. The second-order valence-corrected chi connectivity index (χ2v) is 5.49. The fourth-order valence-corrected chi connectivity index (χ4v) is 4.04. The van der Waals surface area contributed by atoms with Gasteiger partial charge in [-0.25, -0.2) is 0 Å². The summed E-state index contributed by atoms with van der Waals surface area (Å²) >= 11 is 1.50. The van der Waals surface area contributed by atoms with Gasteiger partial charge in [-0.3, -0.25) is 9.69 Å². The van der Waals surface area contributed by atoms with Crippen molar-refractivity contribution in [2.75, 3.05) is 13.6 Å². The van der Waals surface area contributed by atoms with Gasteiger partial charge in [0.15, 0.2) is 0 Å². The van der Waals surface area contributed by atoms with Crippen LogP contribution in [0.1, 0.15) is 28.8 Å². The number of halogens is 1. The number of carbonyl (C=O) groups excluding carboxylic acids is 1. The first-order valence-corrected chi connectivity index (χ1v) is 6.10. The van der Waals surface area contributed by atoms with Gasteiger partial charge >= 0.3 is 0 Å². The molecule has 0 saturated carbocycles. The highest BCUT2D eigenvalue weighted by Gasteiger charge is 2.49. The van der Waals surface area contributed by atoms with Crippen molar-refractivity contribution >= 4 is 29.3 Å². The van der Waals surface area contributed by atoms with Gasteiger partial charge < -0.3 is 0 Å². The van der Waals surface area contributed by atoms with E-state index in [1.165, 1.54) is 23.7 Å². The van der Waals surface area contributed by atoms with Crippen molar-refractivity contribution < 1.29 is 4.79 Å². The summed E-state index contributed by atoms with van der Waals surface area (Å²) in [5, 5.41) is 0.236. The Morgan fingerprint density at radius 2 is 2.12 bits per heavy atom. The fraction of sp³-hybridized carbons (Fsp3) is 0.417. The first kappa shape index (κ1) is 12.0. The van der Waals surface area contributed by atoms with Gasteiger partial charge in [-0.15, -0.1) is 12.4 Å². The SMILES string of the molecule is CN1CCCC12SC(=O)c1ccccc12.Cl. The number of fused-ring (bicyclic) bond motifs is 2. The van der Waals surface area contributed by atoms with Crippen molar-refractivity contribution in [3.05, 3.63) is 35.4 Å². The van der Waals surface area contributed by atoms with E-state index in [-0.39, 0.29) is 22.4 Å². The lowest BCUT2D eigenvalue weighted by Gasteiger charge is -2.31. The summed E-state index contributed by atoms with van der Waals surface area (Å²) in [7, 11) is 2.12. The van der Waals surface area contributed by atoms with E-state index in [1.807, 2.05) is 18.2 Å². The van der Waals surface area contributed by atoms with Crippen LogP contribution < -0.4 is 0 Å². The zero-order valence-electron chi connectivity index (χ0n) is 9.10. The van der Waals surface area contributed by atoms with Crippen LogP contribution in [0.3, 0.4) is 0 Å². The number of carbonyl (C=O) groups is 1. The lowest BCUT2D eigenvalue weighted by molar-refractivity contribution is 0.109. The van der Waals surface area contributed by atoms with Crippen molar-refractivity contribution in [3.8, 4) is 0 Å². The molecule has 0 bridgehead atoms. The van der Waals surface area contributed by atoms with Crippen LogP contribution in [-0.4, -0.2) is 23.6 Å². The second kappa shape index (κ2) is 4.06. The van der Waals surface area contributed by atoms with Crippen molar-refractivity contribution in [1.29, 1.82) is 0 Å². The number of rotatable bonds is 0. The third kappa shape index (κ3) is 1.42. The highest BCUT2D eigenvalue weighted by Crippen LogP contribution is 2.54. The number of benzene rings is 1. The molecule has 0 N–H and O–H groups in total. The van der Waals surface area contributed by atoms with Crippen LogP contribution in [0.25, 0.3) is 0 Å². The first-order chi connectivity index (χ1) is 7.24. The molecule has 1 fully saturated rings. The van der Waals surface area contributed by atoms with Crippen molar-refractivity contribution in [2.45, 2.75) is 17.7 Å². The van der Waals surface area contributed by atoms with Gasteiger partial charge in [0.05, 0.1) is 0 Å². The molecular formula is C12H14ClNOS. The molecule has 1 aromatic carbocycles. The Hall–Kier alpha value is -0.510. The minimum atomic E-state index is -0.0479. The van der Waals surface area contributed by atoms with E-state index in [9.17, 15) is 4.79 Å². The summed E-state index contributed by atoms with van der Waals surface area (Å²) in [5.41, 5.74) is 2.14. The molecule has 1 spiro atoms. The molecule has 2 nitrogen and oxygen atoms in total. The molecule has 2 aliphatic heterocycles. The Balaban J connectivity index is 0.000000963. The maximum Gasteiger partial charge on any atom is 0.221 e. The van der Waals surface area contributed by atoms with Gasteiger partial charge in [-0.1, -0.05) is 36.0 Å². The van der Waals surface area contributed by atoms with Crippen molar-refractivity contribution in [3.63, 3.8) is 0 Å². The molecular weight excluding hydrogens is 242 g/mol. The minimum absolute atomic E-state index is 0. The summed E-state index contributed by atoms with van der Waals surface area (Å²) in [4.78, 5) is 14.2. The number of likely N-dealkylation sites (tertiary alicyclic amines) is 1. The fourth-order valence-electron chi connectivity index (χ4n) is 2.66. The minimum Gasteiger partial charge on any atom is -0.288 e. The second-order valence-electron chi connectivity index (χ2n) is 4.24. The molecule has 1 saturated heterocycles. The van der Waals surface area contributed by atoms with E-state index in [2.05, 4.69) is 18.0 Å². The van der Waals surface area contributed by atoms with Crippen LogP contribution in [0.15, 0.2) is 24.3 Å². The Morgan fingerprint density at radius 1 is 1.38 bits per heavy atom. The monoisotopic (exact) mass is 255 g/mol. The van der Waals surface area contributed by atoms with Gasteiger partial charge in [-0.2, -0.15) is 0 Å². The third-order valence-electron chi connectivity index (χ3n) is 3.46. The van der Waals surface area contributed by atoms with Crippen LogP contribution in [0.2, 0.25) is 0 Å². The Kier molecular flexibility index (Phi) is 3.03. The molecule has 3 rings (SSSR count). The molecule has 0 aliphatic carbocycles. The summed E-state index contributed by atoms with van der Waals surface area (Å²) in [6.45, 7) is 1.09. The zero-order valence-corrected chi connectivity index (χ0v) is 10.7. The quantitative estimate of drug-likeness (QED) is 0.711. The number of hydrogen-bond donors (Lipinski definition) is 0. The maximum absolute atomic E-state index is 11.9. The van der Waals surface area contributed by atoms with E-state index in [0.29, 0.717) is 0 Å². The summed E-state index contributed by atoms with van der Waals surface area (Å²) < 4.78 is 0. The van der Waals surface area contributed by atoms with E-state index >= 15 is 0 Å². The normalized spacial score (nSPS) is 28.2. The van der Waals surface area contributed by atoms with Gasteiger partial charge in [0.25, 0.3) is 0 Å². The van der Waals surface area contributed by atoms with E-state index in [4.69, 9.17) is 0 Å². The van der Waals surface area contributed by atoms with Gasteiger partial charge in [0, 0.05) is 5.56 Å². The van der Waals surface area contributed by atoms with Crippen molar-refractivity contribution in [2.24, 2.45) is 0 Å². The Bertz CT molecular complexity index is 437. The molecule has 86 valence electrons. The maximum atomic E-state index is 11.9. The average molecular weight is 256 g/mol. The molecule has 2 aliphatic rings. The van der Waals surface area contributed by atoms with Crippen LogP contribution in [-0.2, 0) is 4.87 Å². The lowest BCUT2D eigenvalue weighted by atomic mass is 9.99. The predicted molar refractivity (Wildman–Crippen MR) is 69.2 cm³/mol. The standard InChI is InChI=1S/C12H13NOS.ClH/c1-13-8-4-7-12(13)10-6-3-2-5-9(10)11(14)15-12;/h2-3,5-6H,4,7-8H2,1H3;1H.